The van der Waals surface area contributed by atoms with Crippen molar-refractivity contribution >= 4 is 22.6 Å². The fourth-order valence-corrected chi connectivity index (χ4v) is 2.80. The first-order chi connectivity index (χ1) is 7.58. The molecule has 2 heterocycles. The number of nitrogens with zero attached hydrogens (tertiary/aromatic N) is 1. The number of allylic oxidation sites excluding steroid dienone is 1. The molecule has 2 rings (SSSR count). The average Bonchev–Trinajstić information content (AvgIpc) is 2.86. The molecule has 0 unspecified atom stereocenters. The minimum Gasteiger partial charge on any atom is -0.265 e. The van der Waals surface area contributed by atoms with Crippen molar-refractivity contribution in [3.8, 4) is 0 Å². The molecule has 0 saturated heterocycles. The summed E-state index contributed by atoms with van der Waals surface area (Å²) in [5.41, 5.74) is 2.70. The van der Waals surface area contributed by atoms with Gasteiger partial charge in [-0.3, -0.25) is 4.99 Å². The third-order valence-corrected chi connectivity index (χ3v) is 4.40. The predicted molar refractivity (Wildman–Crippen MR) is 73.3 cm³/mol. The fourth-order valence-electron chi connectivity index (χ4n) is 1.79. The second-order valence-electron chi connectivity index (χ2n) is 4.96. The van der Waals surface area contributed by atoms with Crippen molar-refractivity contribution in [2.45, 2.75) is 40.0 Å². The number of rotatable bonds is 3. The first kappa shape index (κ1) is 11.6. The van der Waals surface area contributed by atoms with Crippen LogP contribution in [-0.2, 0) is 0 Å². The van der Waals surface area contributed by atoms with Crippen LogP contribution in [0.5, 0.6) is 0 Å². The van der Waals surface area contributed by atoms with Crippen LogP contribution in [0.15, 0.2) is 23.3 Å². The van der Waals surface area contributed by atoms with Gasteiger partial charge < -0.3 is 0 Å². The lowest BCUT2D eigenvalue weighted by Crippen LogP contribution is -2.03. The zero-order chi connectivity index (χ0) is 11.7. The molecule has 1 aliphatic rings. The molecule has 0 bridgehead atoms. The summed E-state index contributed by atoms with van der Waals surface area (Å²) in [6, 6.07) is 4.49. The summed E-state index contributed by atoms with van der Waals surface area (Å²) >= 11 is 1.91. The minimum absolute atomic E-state index is 0.568. The molecule has 1 aromatic heterocycles. The van der Waals surface area contributed by atoms with Gasteiger partial charge in [0.2, 0.25) is 0 Å². The molecule has 0 fully saturated rings. The number of hydrogen-bond donors (Lipinski definition) is 0. The molecule has 1 aromatic rings. The van der Waals surface area contributed by atoms with E-state index in [2.05, 4.69) is 44.8 Å². The van der Waals surface area contributed by atoms with E-state index in [1.165, 1.54) is 21.0 Å². The van der Waals surface area contributed by atoms with Crippen molar-refractivity contribution in [2.24, 2.45) is 10.9 Å². The Kier molecular flexibility index (Phi) is 3.29. The van der Waals surface area contributed by atoms with E-state index >= 15 is 0 Å². The molecule has 0 N–H and O–H groups in total. The first-order valence-corrected chi connectivity index (χ1v) is 6.75. The Hall–Kier alpha value is -0.890. The van der Waals surface area contributed by atoms with Crippen LogP contribution in [0, 0.1) is 5.92 Å². The molecule has 2 heteroatoms. The summed E-state index contributed by atoms with van der Waals surface area (Å²) in [5.74, 6) is 1.20. The lowest BCUT2D eigenvalue weighted by molar-refractivity contribution is 0.874. The Bertz CT molecular complexity index is 435. The Morgan fingerprint density at radius 1 is 1.12 bits per heavy atom. The quantitative estimate of drug-likeness (QED) is 0.716. The maximum Gasteiger partial charge on any atom is 0.0324 e. The standard InChI is InChI=1S/C14H19NS/c1-9(2)12-7-11(8-15-12)14-6-5-13(16-14)10(3)4/h5-6,8-10H,7H2,1-4H3. The van der Waals surface area contributed by atoms with E-state index in [9.17, 15) is 0 Å². The Labute approximate surface area is 102 Å². The van der Waals surface area contributed by atoms with E-state index in [1.54, 1.807) is 0 Å². The maximum absolute atomic E-state index is 4.51. The Morgan fingerprint density at radius 2 is 1.88 bits per heavy atom. The Morgan fingerprint density at radius 3 is 2.38 bits per heavy atom. The smallest absolute Gasteiger partial charge is 0.0324 e. The summed E-state index contributed by atoms with van der Waals surface area (Å²) in [7, 11) is 0. The molecule has 0 radical (unpaired) electrons. The monoisotopic (exact) mass is 233 g/mol. The van der Waals surface area contributed by atoms with Gasteiger partial charge in [-0.25, -0.2) is 0 Å². The van der Waals surface area contributed by atoms with Crippen LogP contribution in [0.3, 0.4) is 0 Å². The van der Waals surface area contributed by atoms with Crippen LogP contribution in [0.25, 0.3) is 5.57 Å². The van der Waals surface area contributed by atoms with Gasteiger partial charge in [0.1, 0.15) is 0 Å². The van der Waals surface area contributed by atoms with Gasteiger partial charge in [0.05, 0.1) is 0 Å². The molecule has 0 saturated carbocycles. The van der Waals surface area contributed by atoms with E-state index in [0.29, 0.717) is 11.8 Å². The van der Waals surface area contributed by atoms with Gasteiger partial charge in [-0.05, 0) is 29.5 Å². The normalized spacial score (nSPS) is 15.9. The molecule has 86 valence electrons. The zero-order valence-corrected chi connectivity index (χ0v) is 11.3. The van der Waals surface area contributed by atoms with Gasteiger partial charge in [0, 0.05) is 28.1 Å². The van der Waals surface area contributed by atoms with Crippen molar-refractivity contribution in [3.05, 3.63) is 28.1 Å². The molecular weight excluding hydrogens is 214 g/mol. The van der Waals surface area contributed by atoms with Crippen molar-refractivity contribution < 1.29 is 0 Å². The van der Waals surface area contributed by atoms with E-state index in [-0.39, 0.29) is 0 Å². The third-order valence-electron chi connectivity index (χ3n) is 2.94. The van der Waals surface area contributed by atoms with Crippen molar-refractivity contribution in [3.63, 3.8) is 0 Å². The highest BCUT2D eigenvalue weighted by Crippen LogP contribution is 2.33. The average molecular weight is 233 g/mol. The molecule has 0 spiro atoms. The van der Waals surface area contributed by atoms with Crippen LogP contribution in [0.1, 0.15) is 49.8 Å². The molecule has 0 amide bonds. The molecular formula is C14H19NS. The molecule has 1 nitrogen and oxygen atoms in total. The fraction of sp³-hybridized carbons (Fsp3) is 0.500. The van der Waals surface area contributed by atoms with Gasteiger partial charge in [-0.2, -0.15) is 0 Å². The SMILES string of the molecule is CC(C)C1=NC=C(c2ccc(C(C)C)s2)C1. The van der Waals surface area contributed by atoms with Crippen molar-refractivity contribution in [1.82, 2.24) is 0 Å². The van der Waals surface area contributed by atoms with E-state index in [4.69, 9.17) is 0 Å². The van der Waals surface area contributed by atoms with E-state index < -0.39 is 0 Å². The molecule has 0 aromatic carbocycles. The lowest BCUT2D eigenvalue weighted by Gasteiger charge is -2.04. The summed E-state index contributed by atoms with van der Waals surface area (Å²) < 4.78 is 0. The largest absolute Gasteiger partial charge is 0.265 e. The second-order valence-corrected chi connectivity index (χ2v) is 6.08. The summed E-state index contributed by atoms with van der Waals surface area (Å²) in [4.78, 5) is 7.37. The number of aliphatic imine (C=N–C) groups is 1. The maximum atomic E-state index is 4.51. The molecule has 16 heavy (non-hydrogen) atoms. The predicted octanol–water partition coefficient (Wildman–Crippen LogP) is 4.71. The van der Waals surface area contributed by atoms with Gasteiger partial charge in [0.25, 0.3) is 0 Å². The highest BCUT2D eigenvalue weighted by atomic mass is 32.1. The summed E-state index contributed by atoms with van der Waals surface area (Å²) in [6.07, 6.45) is 3.08. The third kappa shape index (κ3) is 2.27. The lowest BCUT2D eigenvalue weighted by atomic mass is 10.0. The van der Waals surface area contributed by atoms with Crippen LogP contribution in [0.4, 0.5) is 0 Å². The topological polar surface area (TPSA) is 12.4 Å². The van der Waals surface area contributed by atoms with Gasteiger partial charge in [0.15, 0.2) is 0 Å². The van der Waals surface area contributed by atoms with E-state index in [0.717, 1.165) is 6.42 Å². The highest BCUT2D eigenvalue weighted by Gasteiger charge is 2.16. The molecule has 0 atom stereocenters. The van der Waals surface area contributed by atoms with Crippen molar-refractivity contribution in [2.75, 3.05) is 0 Å². The highest BCUT2D eigenvalue weighted by molar-refractivity contribution is 7.13. The van der Waals surface area contributed by atoms with Gasteiger partial charge >= 0.3 is 0 Å². The van der Waals surface area contributed by atoms with Crippen LogP contribution in [0.2, 0.25) is 0 Å². The Balaban J connectivity index is 2.11. The number of thiophene rings is 1. The van der Waals surface area contributed by atoms with Crippen LogP contribution < -0.4 is 0 Å². The van der Waals surface area contributed by atoms with Gasteiger partial charge in [-0.1, -0.05) is 27.7 Å². The van der Waals surface area contributed by atoms with E-state index in [1.807, 2.05) is 17.5 Å². The first-order valence-electron chi connectivity index (χ1n) is 5.93. The zero-order valence-electron chi connectivity index (χ0n) is 10.4. The minimum atomic E-state index is 0.568. The second kappa shape index (κ2) is 4.54. The molecule has 0 aliphatic carbocycles. The molecule has 1 aliphatic heterocycles. The van der Waals surface area contributed by atoms with Crippen LogP contribution in [-0.4, -0.2) is 5.71 Å². The van der Waals surface area contributed by atoms with Gasteiger partial charge in [-0.15, -0.1) is 11.3 Å². The summed E-state index contributed by atoms with van der Waals surface area (Å²) in [6.45, 7) is 8.91. The number of hydrogen-bond acceptors (Lipinski definition) is 2. The van der Waals surface area contributed by atoms with Crippen LogP contribution >= 0.6 is 11.3 Å². The summed E-state index contributed by atoms with van der Waals surface area (Å²) in [5, 5.41) is 0. The van der Waals surface area contributed by atoms with Crippen molar-refractivity contribution in [1.29, 1.82) is 0 Å².